The molecule has 0 aliphatic rings. The summed E-state index contributed by atoms with van der Waals surface area (Å²) >= 11 is 2.58. The molecule has 1 rings (SSSR count). The standard InChI is InChI=1S/C8H7N2O2Se/c9-8(13)5-6-1-3-7(4-2-6)10(11)12/h1-4,9H,5H2. The molecule has 0 bridgehead atoms. The van der Waals surface area contributed by atoms with Crippen LogP contribution in [0.25, 0.3) is 0 Å². The van der Waals surface area contributed by atoms with Crippen molar-refractivity contribution >= 4 is 26.3 Å². The van der Waals surface area contributed by atoms with Gasteiger partial charge in [-0.3, -0.25) is 0 Å². The number of benzene rings is 1. The number of non-ortho nitro benzene ring substituents is 1. The zero-order valence-corrected chi connectivity index (χ0v) is 8.40. The van der Waals surface area contributed by atoms with E-state index in [9.17, 15) is 10.1 Å². The van der Waals surface area contributed by atoms with Gasteiger partial charge in [0.25, 0.3) is 0 Å². The summed E-state index contributed by atoms with van der Waals surface area (Å²) in [6.45, 7) is 0. The zero-order chi connectivity index (χ0) is 9.84. The minimum absolute atomic E-state index is 0.0790. The Morgan fingerprint density at radius 2 is 2.00 bits per heavy atom. The van der Waals surface area contributed by atoms with Crippen LogP contribution in [-0.2, 0) is 6.42 Å². The van der Waals surface area contributed by atoms with Gasteiger partial charge in [0.2, 0.25) is 0 Å². The molecule has 0 saturated carbocycles. The first-order valence-corrected chi connectivity index (χ1v) is 4.43. The number of nitrogens with one attached hydrogen (secondary N) is 1. The quantitative estimate of drug-likeness (QED) is 0.375. The molecule has 0 fully saturated rings. The third kappa shape index (κ3) is 2.97. The van der Waals surface area contributed by atoms with E-state index in [0.717, 1.165) is 5.56 Å². The van der Waals surface area contributed by atoms with E-state index in [-0.39, 0.29) is 5.69 Å². The van der Waals surface area contributed by atoms with Crippen LogP contribution in [0.1, 0.15) is 5.56 Å². The summed E-state index contributed by atoms with van der Waals surface area (Å²) in [5.74, 6) is 0. The van der Waals surface area contributed by atoms with Gasteiger partial charge < -0.3 is 0 Å². The summed E-state index contributed by atoms with van der Waals surface area (Å²) in [6.07, 6.45) is 0.498. The van der Waals surface area contributed by atoms with Crippen LogP contribution in [-0.4, -0.2) is 25.5 Å². The predicted octanol–water partition coefficient (Wildman–Crippen LogP) is 1.28. The second-order valence-electron chi connectivity index (χ2n) is 2.52. The molecule has 67 valence electrons. The van der Waals surface area contributed by atoms with Crippen LogP contribution in [0.3, 0.4) is 0 Å². The topological polar surface area (TPSA) is 67.0 Å². The molecule has 0 amide bonds. The summed E-state index contributed by atoms with van der Waals surface area (Å²) < 4.78 is 0.425. The number of rotatable bonds is 3. The molecule has 1 N–H and O–H groups in total. The first-order valence-electron chi connectivity index (χ1n) is 3.57. The summed E-state index contributed by atoms with van der Waals surface area (Å²) in [5, 5.41) is 17.5. The zero-order valence-electron chi connectivity index (χ0n) is 6.69. The molecular formula is C8H7N2O2Se. The van der Waals surface area contributed by atoms with Gasteiger partial charge in [0.15, 0.2) is 0 Å². The van der Waals surface area contributed by atoms with Gasteiger partial charge >= 0.3 is 83.0 Å². The predicted molar refractivity (Wildman–Crippen MR) is 50.3 cm³/mol. The van der Waals surface area contributed by atoms with Crippen molar-refractivity contribution in [2.45, 2.75) is 6.42 Å². The molecule has 1 aromatic rings. The van der Waals surface area contributed by atoms with Gasteiger partial charge in [-0.15, -0.1) is 0 Å². The molecule has 1 aromatic carbocycles. The fraction of sp³-hybridized carbons (Fsp3) is 0.125. The molecule has 5 heteroatoms. The van der Waals surface area contributed by atoms with E-state index < -0.39 is 4.92 Å². The van der Waals surface area contributed by atoms with Crippen molar-refractivity contribution < 1.29 is 4.92 Å². The molecule has 13 heavy (non-hydrogen) atoms. The molecule has 4 nitrogen and oxygen atoms in total. The maximum atomic E-state index is 10.3. The van der Waals surface area contributed by atoms with E-state index in [4.69, 9.17) is 5.41 Å². The molecule has 0 unspecified atom stereocenters. The summed E-state index contributed by atoms with van der Waals surface area (Å²) in [4.78, 5) is 9.85. The van der Waals surface area contributed by atoms with Crippen molar-refractivity contribution in [1.29, 1.82) is 5.41 Å². The Labute approximate surface area is 83.4 Å². The van der Waals surface area contributed by atoms with Crippen LogP contribution >= 0.6 is 0 Å². The van der Waals surface area contributed by atoms with E-state index >= 15 is 0 Å². The Hall–Kier alpha value is -1.19. The maximum absolute atomic E-state index is 10.3. The molecule has 0 spiro atoms. The summed E-state index contributed by atoms with van der Waals surface area (Å²) in [5.41, 5.74) is 0.977. The Morgan fingerprint density at radius 3 is 2.38 bits per heavy atom. The van der Waals surface area contributed by atoms with Gasteiger partial charge in [0, 0.05) is 0 Å². The molecule has 0 aliphatic carbocycles. The second kappa shape index (κ2) is 4.16. The van der Waals surface area contributed by atoms with Crippen molar-refractivity contribution in [3.05, 3.63) is 39.9 Å². The van der Waals surface area contributed by atoms with Crippen LogP contribution in [0.5, 0.6) is 0 Å². The van der Waals surface area contributed by atoms with E-state index in [1.165, 1.54) is 12.1 Å². The number of nitro benzene ring substituents is 1. The number of nitro groups is 1. The van der Waals surface area contributed by atoms with E-state index in [2.05, 4.69) is 16.0 Å². The van der Waals surface area contributed by atoms with Crippen molar-refractivity contribution in [3.63, 3.8) is 0 Å². The van der Waals surface area contributed by atoms with Gasteiger partial charge in [0.05, 0.1) is 0 Å². The first kappa shape index (κ1) is 9.89. The molecule has 0 heterocycles. The number of hydrogen-bond donors (Lipinski definition) is 1. The van der Waals surface area contributed by atoms with Gasteiger partial charge in [-0.25, -0.2) is 0 Å². The molecule has 0 saturated heterocycles. The number of nitrogens with zero attached hydrogens (tertiary/aromatic N) is 1. The average Bonchev–Trinajstić information content (AvgIpc) is 2.04. The van der Waals surface area contributed by atoms with Gasteiger partial charge in [0.1, 0.15) is 0 Å². The van der Waals surface area contributed by atoms with E-state index in [1.807, 2.05) is 0 Å². The monoisotopic (exact) mass is 243 g/mol. The Balaban J connectivity index is 2.81. The van der Waals surface area contributed by atoms with Crippen molar-refractivity contribution in [3.8, 4) is 0 Å². The molecule has 1 radical (unpaired) electrons. The normalized spacial score (nSPS) is 9.54. The van der Waals surface area contributed by atoms with Crippen LogP contribution in [0.4, 0.5) is 5.69 Å². The second-order valence-corrected chi connectivity index (χ2v) is 3.56. The van der Waals surface area contributed by atoms with E-state index in [0.29, 0.717) is 11.0 Å². The molecule has 0 atom stereocenters. The fourth-order valence-electron chi connectivity index (χ4n) is 0.921. The van der Waals surface area contributed by atoms with Gasteiger partial charge in [-0.2, -0.15) is 0 Å². The molecule has 0 aromatic heterocycles. The summed E-state index contributed by atoms with van der Waals surface area (Å²) in [6, 6.07) is 6.20. The third-order valence-corrected chi connectivity index (χ3v) is 1.81. The fourth-order valence-corrected chi connectivity index (χ4v) is 1.27. The van der Waals surface area contributed by atoms with Crippen molar-refractivity contribution in [1.82, 2.24) is 0 Å². The van der Waals surface area contributed by atoms with E-state index in [1.54, 1.807) is 12.1 Å². The van der Waals surface area contributed by atoms with Crippen molar-refractivity contribution in [2.24, 2.45) is 0 Å². The van der Waals surface area contributed by atoms with Gasteiger partial charge in [-0.05, 0) is 0 Å². The Morgan fingerprint density at radius 1 is 1.46 bits per heavy atom. The Bertz CT molecular complexity index is 335. The van der Waals surface area contributed by atoms with Crippen LogP contribution in [0.2, 0.25) is 0 Å². The van der Waals surface area contributed by atoms with Crippen LogP contribution < -0.4 is 0 Å². The summed E-state index contributed by atoms with van der Waals surface area (Å²) in [7, 11) is 0. The van der Waals surface area contributed by atoms with Crippen LogP contribution in [0.15, 0.2) is 24.3 Å². The van der Waals surface area contributed by atoms with Gasteiger partial charge in [-0.1, -0.05) is 0 Å². The minimum atomic E-state index is -0.437. The number of hydrogen-bond acceptors (Lipinski definition) is 3. The SMILES string of the molecule is N=C([Se])Cc1ccc([N+](=O)[O-])cc1. The first-order chi connectivity index (χ1) is 6.09. The van der Waals surface area contributed by atoms with Crippen LogP contribution in [0, 0.1) is 15.5 Å². The van der Waals surface area contributed by atoms with Crippen molar-refractivity contribution in [2.75, 3.05) is 0 Å². The third-order valence-electron chi connectivity index (χ3n) is 1.51. The average molecular weight is 242 g/mol. The molecular weight excluding hydrogens is 235 g/mol. The Kier molecular flexibility index (Phi) is 3.17. The molecule has 0 aliphatic heterocycles.